The van der Waals surface area contributed by atoms with E-state index in [0.717, 1.165) is 12.8 Å². The van der Waals surface area contributed by atoms with Gasteiger partial charge in [-0.1, -0.05) is 130 Å². The van der Waals surface area contributed by atoms with Crippen LogP contribution in [0.1, 0.15) is 41.5 Å². The van der Waals surface area contributed by atoms with Crippen LogP contribution >= 0.6 is 31.9 Å². The van der Waals surface area contributed by atoms with Gasteiger partial charge in [0.15, 0.2) is 0 Å². The summed E-state index contributed by atoms with van der Waals surface area (Å²) >= 11 is 8.16. The lowest BCUT2D eigenvalue weighted by molar-refractivity contribution is 0.657. The standard InChI is InChI=1S/C29H24Br2/c1-2-20(21-10-5-3-6-11-21)18-24-14-9-15-26-25-17-16-23(22-12-7-4-8-13-22)19-27(25)29(30,31)28(24)26/h3-17,19-20H,2,18H2,1H3. The highest BCUT2D eigenvalue weighted by molar-refractivity contribution is 9.25. The fourth-order valence-electron chi connectivity index (χ4n) is 4.84. The third-order valence-electron chi connectivity index (χ3n) is 6.45. The molecule has 0 amide bonds. The summed E-state index contributed by atoms with van der Waals surface area (Å²) in [5.41, 5.74) is 10.6. The summed E-state index contributed by atoms with van der Waals surface area (Å²) in [6, 6.07) is 35.1. The minimum Gasteiger partial charge on any atom is -0.0648 e. The number of fused-ring (bicyclic) bond motifs is 3. The molecule has 0 radical (unpaired) electrons. The number of halogens is 2. The van der Waals surface area contributed by atoms with E-state index in [0.29, 0.717) is 5.92 Å². The summed E-state index contributed by atoms with van der Waals surface area (Å²) in [4.78, 5) is 0. The van der Waals surface area contributed by atoms with Gasteiger partial charge in [-0.05, 0) is 69.3 Å². The van der Waals surface area contributed by atoms with Crippen molar-refractivity contribution in [2.75, 3.05) is 0 Å². The van der Waals surface area contributed by atoms with Crippen LogP contribution < -0.4 is 0 Å². The molecule has 4 aromatic carbocycles. The Kier molecular flexibility index (Phi) is 5.62. The molecule has 0 N–H and O–H groups in total. The summed E-state index contributed by atoms with van der Waals surface area (Å²) in [7, 11) is 0. The first-order valence-electron chi connectivity index (χ1n) is 10.8. The molecule has 0 nitrogen and oxygen atoms in total. The summed E-state index contributed by atoms with van der Waals surface area (Å²) in [5, 5.41) is 0. The fourth-order valence-corrected chi connectivity index (χ4v) is 6.43. The lowest BCUT2D eigenvalue weighted by atomic mass is 9.87. The van der Waals surface area contributed by atoms with Gasteiger partial charge in [0.25, 0.3) is 0 Å². The number of hydrogen-bond acceptors (Lipinski definition) is 0. The first kappa shape index (κ1) is 20.7. The van der Waals surface area contributed by atoms with Gasteiger partial charge in [0.2, 0.25) is 0 Å². The Morgan fingerprint density at radius 3 is 2.13 bits per heavy atom. The van der Waals surface area contributed by atoms with Gasteiger partial charge in [0, 0.05) is 0 Å². The molecule has 1 aliphatic rings. The second kappa shape index (κ2) is 8.41. The normalized spacial score (nSPS) is 14.7. The predicted octanol–water partition coefficient (Wildman–Crippen LogP) is 9.06. The summed E-state index contributed by atoms with van der Waals surface area (Å²) in [6.07, 6.45) is 2.15. The second-order valence-electron chi connectivity index (χ2n) is 8.26. The molecule has 5 rings (SSSR count). The minimum absolute atomic E-state index is 0.374. The Bertz CT molecular complexity index is 1210. The fraction of sp³-hybridized carbons (Fsp3) is 0.172. The van der Waals surface area contributed by atoms with Gasteiger partial charge in [-0.2, -0.15) is 0 Å². The third-order valence-corrected chi connectivity index (χ3v) is 8.10. The molecule has 0 saturated carbocycles. The van der Waals surface area contributed by atoms with Crippen molar-refractivity contribution in [3.05, 3.63) is 119 Å². The van der Waals surface area contributed by atoms with Crippen LogP contribution in [0.4, 0.5) is 0 Å². The largest absolute Gasteiger partial charge is 0.132 e. The molecule has 0 spiro atoms. The highest BCUT2D eigenvalue weighted by Crippen LogP contribution is 2.58. The van der Waals surface area contributed by atoms with E-state index in [2.05, 4.69) is 136 Å². The maximum Gasteiger partial charge on any atom is 0.132 e. The van der Waals surface area contributed by atoms with Gasteiger partial charge >= 0.3 is 0 Å². The average Bonchev–Trinajstić information content (AvgIpc) is 3.06. The lowest BCUT2D eigenvalue weighted by Crippen LogP contribution is -2.12. The van der Waals surface area contributed by atoms with Gasteiger partial charge in [0.1, 0.15) is 3.23 Å². The Morgan fingerprint density at radius 1 is 0.710 bits per heavy atom. The summed E-state index contributed by atoms with van der Waals surface area (Å²) < 4.78 is -0.374. The van der Waals surface area contributed by atoms with Crippen LogP contribution in [0, 0.1) is 0 Å². The number of alkyl halides is 2. The SMILES string of the molecule is CCC(Cc1cccc2c1C(Br)(Br)c1cc(-c3ccccc3)ccc1-2)c1ccccc1. The Labute approximate surface area is 201 Å². The molecular formula is C29H24Br2. The van der Waals surface area contributed by atoms with Gasteiger partial charge in [-0.25, -0.2) is 0 Å². The summed E-state index contributed by atoms with van der Waals surface area (Å²) in [6.45, 7) is 2.29. The molecule has 0 saturated heterocycles. The van der Waals surface area contributed by atoms with E-state index in [4.69, 9.17) is 0 Å². The van der Waals surface area contributed by atoms with E-state index in [1.54, 1.807) is 0 Å². The van der Waals surface area contributed by atoms with Crippen LogP contribution in [0.25, 0.3) is 22.3 Å². The van der Waals surface area contributed by atoms with Crippen molar-refractivity contribution in [2.24, 2.45) is 0 Å². The Morgan fingerprint density at radius 2 is 1.42 bits per heavy atom. The van der Waals surface area contributed by atoms with Crippen LogP contribution in [0.15, 0.2) is 97.1 Å². The first-order chi connectivity index (χ1) is 15.1. The number of hydrogen-bond donors (Lipinski definition) is 0. The van der Waals surface area contributed by atoms with Crippen LogP contribution in [0.3, 0.4) is 0 Å². The van der Waals surface area contributed by atoms with E-state index in [-0.39, 0.29) is 3.23 Å². The number of benzene rings is 4. The molecule has 1 aliphatic carbocycles. The van der Waals surface area contributed by atoms with Crippen LogP contribution in [0.2, 0.25) is 0 Å². The van der Waals surface area contributed by atoms with Gasteiger partial charge < -0.3 is 0 Å². The van der Waals surface area contributed by atoms with Crippen molar-refractivity contribution in [3.63, 3.8) is 0 Å². The zero-order valence-electron chi connectivity index (χ0n) is 17.5. The van der Waals surface area contributed by atoms with E-state index >= 15 is 0 Å². The molecule has 0 aromatic heterocycles. The predicted molar refractivity (Wildman–Crippen MR) is 139 cm³/mol. The maximum absolute atomic E-state index is 4.08. The smallest absolute Gasteiger partial charge is 0.0648 e. The first-order valence-corrected chi connectivity index (χ1v) is 12.4. The quantitative estimate of drug-likeness (QED) is 0.225. The van der Waals surface area contributed by atoms with Gasteiger partial charge in [-0.15, -0.1) is 0 Å². The molecule has 4 aromatic rings. The minimum atomic E-state index is -0.374. The highest BCUT2D eigenvalue weighted by atomic mass is 79.9. The van der Waals surface area contributed by atoms with E-state index in [1.165, 1.54) is 44.5 Å². The van der Waals surface area contributed by atoms with Crippen LogP contribution in [-0.4, -0.2) is 0 Å². The van der Waals surface area contributed by atoms with Gasteiger partial charge in [0.05, 0.1) is 0 Å². The molecule has 0 aliphatic heterocycles. The van der Waals surface area contributed by atoms with E-state index < -0.39 is 0 Å². The zero-order valence-corrected chi connectivity index (χ0v) is 20.7. The second-order valence-corrected chi connectivity index (χ2v) is 11.7. The molecule has 1 atom stereocenters. The summed E-state index contributed by atoms with van der Waals surface area (Å²) in [5.74, 6) is 0.507. The van der Waals surface area contributed by atoms with Crippen molar-refractivity contribution in [1.29, 1.82) is 0 Å². The highest BCUT2D eigenvalue weighted by Gasteiger charge is 2.41. The molecule has 31 heavy (non-hydrogen) atoms. The van der Waals surface area contributed by atoms with Crippen LogP contribution in [0.5, 0.6) is 0 Å². The van der Waals surface area contributed by atoms with E-state index in [1.807, 2.05) is 0 Å². The molecule has 0 fully saturated rings. The van der Waals surface area contributed by atoms with Crippen LogP contribution in [-0.2, 0) is 9.65 Å². The van der Waals surface area contributed by atoms with E-state index in [9.17, 15) is 0 Å². The third kappa shape index (κ3) is 3.70. The number of rotatable bonds is 5. The Hall–Kier alpha value is -2.16. The molecule has 154 valence electrons. The van der Waals surface area contributed by atoms with Crippen molar-refractivity contribution >= 4 is 31.9 Å². The molecule has 0 heterocycles. The molecule has 1 unspecified atom stereocenters. The average molecular weight is 532 g/mol. The Balaban J connectivity index is 1.58. The van der Waals surface area contributed by atoms with Crippen molar-refractivity contribution in [1.82, 2.24) is 0 Å². The van der Waals surface area contributed by atoms with Crippen molar-refractivity contribution < 1.29 is 0 Å². The lowest BCUT2D eigenvalue weighted by Gasteiger charge is -2.23. The topological polar surface area (TPSA) is 0 Å². The van der Waals surface area contributed by atoms with Crippen molar-refractivity contribution in [2.45, 2.75) is 28.9 Å². The maximum atomic E-state index is 4.08. The monoisotopic (exact) mass is 530 g/mol. The molecule has 0 bridgehead atoms. The van der Waals surface area contributed by atoms with Crippen molar-refractivity contribution in [3.8, 4) is 22.3 Å². The molecular weight excluding hydrogens is 508 g/mol. The molecule has 2 heteroatoms. The van der Waals surface area contributed by atoms with Gasteiger partial charge in [-0.3, -0.25) is 0 Å². The zero-order chi connectivity index (χ0) is 21.4.